The van der Waals surface area contributed by atoms with Gasteiger partial charge in [-0.25, -0.2) is 0 Å². The largest absolute Gasteiger partial charge is 0.573 e. The minimum Gasteiger partial charge on any atom is -0.492 e. The van der Waals surface area contributed by atoms with Crippen LogP contribution in [0.5, 0.6) is 11.5 Å². The minimum absolute atomic E-state index is 0.211. The fourth-order valence-electron chi connectivity index (χ4n) is 2.24. The highest BCUT2D eigenvalue weighted by atomic mass is 19.4. The van der Waals surface area contributed by atoms with Gasteiger partial charge < -0.3 is 9.47 Å². The van der Waals surface area contributed by atoms with E-state index in [0.717, 1.165) is 12.0 Å². The first-order valence-electron chi connectivity index (χ1n) is 7.12. The smallest absolute Gasteiger partial charge is 0.492 e. The summed E-state index contributed by atoms with van der Waals surface area (Å²) in [5, 5.41) is 0. The van der Waals surface area contributed by atoms with Crippen LogP contribution >= 0.6 is 0 Å². The lowest BCUT2D eigenvalue weighted by atomic mass is 9.90. The third kappa shape index (κ3) is 4.29. The lowest BCUT2D eigenvalue weighted by Crippen LogP contribution is -2.17. The van der Waals surface area contributed by atoms with Gasteiger partial charge in [-0.1, -0.05) is 39.0 Å². The molecule has 0 saturated heterocycles. The highest BCUT2D eigenvalue weighted by Crippen LogP contribution is 2.38. The Hall–Kier alpha value is -1.91. The SMILES string of the molecule is CCC=CC1=CC(C)(C)COc2ccc(OC(F)(F)F)cc21. The molecule has 22 heavy (non-hydrogen) atoms. The molecular weight excluding hydrogens is 293 g/mol. The van der Waals surface area contributed by atoms with E-state index < -0.39 is 6.36 Å². The average Bonchev–Trinajstić information content (AvgIpc) is 2.52. The van der Waals surface area contributed by atoms with Crippen LogP contribution in [0, 0.1) is 5.41 Å². The summed E-state index contributed by atoms with van der Waals surface area (Å²) in [5.41, 5.74) is 1.24. The molecule has 0 aromatic heterocycles. The molecule has 1 aliphatic heterocycles. The first-order chi connectivity index (χ1) is 10.2. The molecule has 1 heterocycles. The van der Waals surface area contributed by atoms with Gasteiger partial charge in [-0.05, 0) is 30.2 Å². The van der Waals surface area contributed by atoms with E-state index in [1.807, 2.05) is 39.0 Å². The molecule has 0 aliphatic carbocycles. The van der Waals surface area contributed by atoms with Gasteiger partial charge in [0.1, 0.15) is 11.5 Å². The number of hydrogen-bond donors (Lipinski definition) is 0. The molecule has 0 amide bonds. The maximum Gasteiger partial charge on any atom is 0.573 e. The molecule has 0 fully saturated rings. The van der Waals surface area contributed by atoms with Gasteiger partial charge in [0.25, 0.3) is 0 Å². The summed E-state index contributed by atoms with van der Waals surface area (Å²) in [6, 6.07) is 4.16. The molecule has 5 heteroatoms. The predicted octanol–water partition coefficient (Wildman–Crippen LogP) is 5.35. The van der Waals surface area contributed by atoms with Gasteiger partial charge in [0, 0.05) is 11.0 Å². The van der Waals surface area contributed by atoms with Crippen molar-refractivity contribution < 1.29 is 22.6 Å². The van der Waals surface area contributed by atoms with Crippen molar-refractivity contribution in [1.29, 1.82) is 0 Å². The summed E-state index contributed by atoms with van der Waals surface area (Å²) < 4.78 is 46.9. The number of allylic oxidation sites excluding steroid dienone is 3. The lowest BCUT2D eigenvalue weighted by Gasteiger charge is -2.18. The molecule has 2 rings (SSSR count). The monoisotopic (exact) mass is 312 g/mol. The molecule has 0 unspecified atom stereocenters. The Morgan fingerprint density at radius 3 is 2.68 bits per heavy atom. The maximum absolute atomic E-state index is 12.4. The van der Waals surface area contributed by atoms with Crippen molar-refractivity contribution in [3.63, 3.8) is 0 Å². The highest BCUT2D eigenvalue weighted by molar-refractivity contribution is 5.79. The number of rotatable bonds is 3. The van der Waals surface area contributed by atoms with Crippen LogP contribution in [0.2, 0.25) is 0 Å². The Bertz CT molecular complexity index is 598. The van der Waals surface area contributed by atoms with Crippen molar-refractivity contribution >= 4 is 5.57 Å². The van der Waals surface area contributed by atoms with E-state index in [0.29, 0.717) is 17.9 Å². The third-order valence-corrected chi connectivity index (χ3v) is 3.17. The number of hydrogen-bond acceptors (Lipinski definition) is 2. The zero-order valence-corrected chi connectivity index (χ0v) is 12.8. The summed E-state index contributed by atoms with van der Waals surface area (Å²) in [5.74, 6) is 0.317. The molecule has 0 spiro atoms. The topological polar surface area (TPSA) is 18.5 Å². The van der Waals surface area contributed by atoms with Gasteiger partial charge in [0.2, 0.25) is 0 Å². The lowest BCUT2D eigenvalue weighted by molar-refractivity contribution is -0.274. The first kappa shape index (κ1) is 16.5. The van der Waals surface area contributed by atoms with E-state index in [1.54, 1.807) is 0 Å². The number of benzene rings is 1. The van der Waals surface area contributed by atoms with Crippen molar-refractivity contribution in [3.8, 4) is 11.5 Å². The van der Waals surface area contributed by atoms with Gasteiger partial charge in [0.05, 0.1) is 6.61 Å². The Labute approximate surface area is 128 Å². The van der Waals surface area contributed by atoms with Crippen molar-refractivity contribution in [2.24, 2.45) is 5.41 Å². The summed E-state index contributed by atoms with van der Waals surface area (Å²) >= 11 is 0. The van der Waals surface area contributed by atoms with Gasteiger partial charge in [0.15, 0.2) is 0 Å². The summed E-state index contributed by atoms with van der Waals surface area (Å²) in [6.07, 6.45) is 2.03. The standard InChI is InChI=1S/C17H19F3O2/c1-4-5-6-12-10-16(2,3)11-21-15-8-7-13(9-14(12)15)22-17(18,19)20/h5-10H,4,11H2,1-3H3. The van der Waals surface area contributed by atoms with Crippen LogP contribution in [-0.2, 0) is 0 Å². The Kier molecular flexibility index (Phi) is 4.54. The third-order valence-electron chi connectivity index (χ3n) is 3.17. The molecule has 0 atom stereocenters. The number of ether oxygens (including phenoxy) is 2. The fraction of sp³-hybridized carbons (Fsp3) is 0.412. The van der Waals surface area contributed by atoms with Crippen LogP contribution in [0.3, 0.4) is 0 Å². The van der Waals surface area contributed by atoms with Crippen LogP contribution in [0.1, 0.15) is 32.8 Å². The van der Waals surface area contributed by atoms with E-state index in [4.69, 9.17) is 4.74 Å². The summed E-state index contributed by atoms with van der Waals surface area (Å²) in [6.45, 7) is 6.50. The predicted molar refractivity (Wildman–Crippen MR) is 79.8 cm³/mol. The molecule has 0 N–H and O–H groups in total. The maximum atomic E-state index is 12.4. The van der Waals surface area contributed by atoms with Crippen LogP contribution in [-0.4, -0.2) is 13.0 Å². The van der Waals surface area contributed by atoms with E-state index in [9.17, 15) is 13.2 Å². The Morgan fingerprint density at radius 1 is 1.32 bits per heavy atom. The molecule has 1 aromatic carbocycles. The van der Waals surface area contributed by atoms with E-state index in [-0.39, 0.29) is 11.2 Å². The average molecular weight is 312 g/mol. The first-order valence-corrected chi connectivity index (χ1v) is 7.12. The second-order valence-electron chi connectivity index (χ2n) is 5.89. The highest BCUT2D eigenvalue weighted by Gasteiger charge is 2.32. The van der Waals surface area contributed by atoms with E-state index >= 15 is 0 Å². The van der Waals surface area contributed by atoms with Crippen LogP contribution in [0.15, 0.2) is 36.4 Å². The van der Waals surface area contributed by atoms with Gasteiger partial charge in [-0.2, -0.15) is 0 Å². The zero-order valence-electron chi connectivity index (χ0n) is 12.8. The number of halogens is 3. The summed E-state index contributed by atoms with van der Waals surface area (Å²) in [4.78, 5) is 0. The second-order valence-corrected chi connectivity index (χ2v) is 5.89. The molecule has 0 saturated carbocycles. The van der Waals surface area contributed by atoms with Crippen molar-refractivity contribution in [2.45, 2.75) is 33.6 Å². The number of alkyl halides is 3. The molecule has 2 nitrogen and oxygen atoms in total. The van der Waals surface area contributed by atoms with E-state index in [1.165, 1.54) is 18.2 Å². The summed E-state index contributed by atoms with van der Waals surface area (Å²) in [7, 11) is 0. The molecule has 1 aliphatic rings. The van der Waals surface area contributed by atoms with Gasteiger partial charge in [-0.3, -0.25) is 0 Å². The molecule has 0 radical (unpaired) electrons. The Morgan fingerprint density at radius 2 is 2.05 bits per heavy atom. The Balaban J connectivity index is 2.47. The molecular formula is C17H19F3O2. The van der Waals surface area contributed by atoms with Crippen LogP contribution < -0.4 is 9.47 Å². The van der Waals surface area contributed by atoms with Crippen LogP contribution in [0.25, 0.3) is 5.57 Å². The minimum atomic E-state index is -4.71. The zero-order chi connectivity index (χ0) is 16.4. The number of fused-ring (bicyclic) bond motifs is 1. The van der Waals surface area contributed by atoms with Crippen molar-refractivity contribution in [3.05, 3.63) is 42.0 Å². The molecule has 120 valence electrons. The van der Waals surface area contributed by atoms with Gasteiger partial charge in [-0.15, -0.1) is 13.2 Å². The van der Waals surface area contributed by atoms with Gasteiger partial charge >= 0.3 is 6.36 Å². The van der Waals surface area contributed by atoms with Crippen molar-refractivity contribution in [2.75, 3.05) is 6.61 Å². The quantitative estimate of drug-likeness (QED) is 0.748. The fourth-order valence-corrected chi connectivity index (χ4v) is 2.24. The molecule has 1 aromatic rings. The van der Waals surface area contributed by atoms with Crippen LogP contribution in [0.4, 0.5) is 13.2 Å². The molecule has 0 bridgehead atoms. The second kappa shape index (κ2) is 6.07. The van der Waals surface area contributed by atoms with E-state index in [2.05, 4.69) is 4.74 Å². The van der Waals surface area contributed by atoms with Crippen molar-refractivity contribution in [1.82, 2.24) is 0 Å². The normalized spacial score (nSPS) is 17.5.